The van der Waals surface area contributed by atoms with Crippen LogP contribution >= 0.6 is 23.1 Å². The van der Waals surface area contributed by atoms with Gasteiger partial charge in [0, 0.05) is 0 Å². The topological polar surface area (TPSA) is 25.8 Å². The molecule has 0 aliphatic carbocycles. The van der Waals surface area contributed by atoms with Crippen LogP contribution in [0.4, 0.5) is 0 Å². The van der Waals surface area contributed by atoms with Crippen molar-refractivity contribution in [2.24, 2.45) is 0 Å². The largest absolute Gasteiger partial charge is 0.173 e. The third kappa shape index (κ3) is 3.48. The minimum Gasteiger partial charge on any atom is -0.146 e. The monoisotopic (exact) mass is 162 g/mol. The Kier molecular flexibility index (Phi) is 5.98. The quantitative estimate of drug-likeness (QED) is 0.592. The van der Waals surface area contributed by atoms with Gasteiger partial charge in [-0.15, -0.1) is 10.2 Å². The second kappa shape index (κ2) is 6.04. The van der Waals surface area contributed by atoms with Crippen molar-refractivity contribution >= 4 is 23.1 Å². The van der Waals surface area contributed by atoms with Gasteiger partial charge in [0.2, 0.25) is 0 Å². The first-order valence-electron chi connectivity index (χ1n) is 2.73. The van der Waals surface area contributed by atoms with E-state index in [1.165, 1.54) is 0 Å². The summed E-state index contributed by atoms with van der Waals surface area (Å²) in [5.41, 5.74) is 1.73. The van der Waals surface area contributed by atoms with Gasteiger partial charge in [0.1, 0.15) is 5.51 Å². The molecule has 0 spiro atoms. The molecule has 1 aromatic rings. The normalized spacial score (nSPS) is 7.89. The van der Waals surface area contributed by atoms with E-state index in [0.29, 0.717) is 0 Å². The van der Waals surface area contributed by atoms with Crippen LogP contribution in [0.3, 0.4) is 0 Å². The number of rotatable bonds is 1. The fourth-order valence-corrected chi connectivity index (χ4v) is 1.17. The number of nitrogens with zero attached hydrogens (tertiary/aromatic N) is 2. The second-order valence-electron chi connectivity index (χ2n) is 0.909. The van der Waals surface area contributed by atoms with Crippen LogP contribution in [0.1, 0.15) is 13.8 Å². The van der Waals surface area contributed by atoms with Gasteiger partial charge in [-0.1, -0.05) is 36.9 Å². The summed E-state index contributed by atoms with van der Waals surface area (Å²) in [6, 6.07) is 0. The van der Waals surface area contributed by atoms with Crippen LogP contribution in [0.15, 0.2) is 9.85 Å². The smallest absolute Gasteiger partial charge is 0.146 e. The molecule has 0 aliphatic rings. The minimum absolute atomic E-state index is 1.03. The molecular formula is C5H10N2S2. The molecular weight excluding hydrogens is 152 g/mol. The Morgan fingerprint density at radius 1 is 1.56 bits per heavy atom. The maximum absolute atomic E-state index is 3.77. The molecule has 4 heteroatoms. The first kappa shape index (κ1) is 8.91. The molecule has 0 aromatic carbocycles. The van der Waals surface area contributed by atoms with E-state index in [2.05, 4.69) is 10.2 Å². The van der Waals surface area contributed by atoms with Crippen LogP contribution in [-0.2, 0) is 0 Å². The van der Waals surface area contributed by atoms with E-state index in [9.17, 15) is 0 Å². The number of aromatic nitrogens is 2. The summed E-state index contributed by atoms with van der Waals surface area (Å²) in [5.74, 6) is 0. The van der Waals surface area contributed by atoms with Gasteiger partial charge in [-0.2, -0.15) is 0 Å². The lowest BCUT2D eigenvalue weighted by atomic mass is 11.0. The third-order valence-electron chi connectivity index (χ3n) is 0.515. The molecule has 0 N–H and O–H groups in total. The summed E-state index contributed by atoms with van der Waals surface area (Å²) in [6.45, 7) is 4.00. The molecule has 0 saturated heterocycles. The van der Waals surface area contributed by atoms with Gasteiger partial charge in [0.05, 0.1) is 0 Å². The van der Waals surface area contributed by atoms with Crippen LogP contribution < -0.4 is 0 Å². The first-order valence-corrected chi connectivity index (χ1v) is 4.84. The standard InChI is InChI=1S/C3H4N2S2.C2H6/c1-6-3-5-4-2-7-3;1-2/h2H,1H3;1-2H3. The summed E-state index contributed by atoms with van der Waals surface area (Å²) in [7, 11) is 0. The molecule has 1 aromatic heterocycles. The van der Waals surface area contributed by atoms with E-state index in [4.69, 9.17) is 0 Å². The Hall–Kier alpha value is -0.0900. The zero-order valence-corrected chi connectivity index (χ0v) is 7.42. The Morgan fingerprint density at radius 3 is 2.44 bits per heavy atom. The molecule has 52 valence electrons. The summed E-state index contributed by atoms with van der Waals surface area (Å²) >= 11 is 3.18. The van der Waals surface area contributed by atoms with Crippen molar-refractivity contribution in [1.29, 1.82) is 0 Å². The maximum Gasteiger partial charge on any atom is 0.173 e. The Labute approximate surface area is 63.7 Å². The third-order valence-corrected chi connectivity index (χ3v) is 2.22. The zero-order chi connectivity index (χ0) is 7.11. The van der Waals surface area contributed by atoms with Gasteiger partial charge in [-0.25, -0.2) is 0 Å². The van der Waals surface area contributed by atoms with Gasteiger partial charge in [0.15, 0.2) is 4.34 Å². The lowest BCUT2D eigenvalue weighted by Crippen LogP contribution is -1.64. The molecule has 0 bridgehead atoms. The van der Waals surface area contributed by atoms with E-state index in [0.717, 1.165) is 4.34 Å². The van der Waals surface area contributed by atoms with Crippen LogP contribution in [0.25, 0.3) is 0 Å². The molecule has 0 amide bonds. The molecule has 0 saturated carbocycles. The Morgan fingerprint density at radius 2 is 2.22 bits per heavy atom. The minimum atomic E-state index is 1.03. The van der Waals surface area contributed by atoms with Gasteiger partial charge in [-0.3, -0.25) is 0 Å². The highest BCUT2D eigenvalue weighted by Gasteiger charge is 1.87. The number of hydrogen-bond donors (Lipinski definition) is 0. The van der Waals surface area contributed by atoms with Gasteiger partial charge in [0.25, 0.3) is 0 Å². The van der Waals surface area contributed by atoms with E-state index in [1.54, 1.807) is 28.6 Å². The second-order valence-corrected chi connectivity index (χ2v) is 2.80. The van der Waals surface area contributed by atoms with E-state index >= 15 is 0 Å². The van der Waals surface area contributed by atoms with Crippen molar-refractivity contribution in [2.45, 2.75) is 18.2 Å². The molecule has 0 fully saturated rings. The molecule has 0 atom stereocenters. The van der Waals surface area contributed by atoms with Gasteiger partial charge >= 0.3 is 0 Å². The molecule has 1 rings (SSSR count). The van der Waals surface area contributed by atoms with Crippen molar-refractivity contribution in [3.8, 4) is 0 Å². The first-order chi connectivity index (χ1) is 4.43. The van der Waals surface area contributed by atoms with Crippen molar-refractivity contribution in [1.82, 2.24) is 10.2 Å². The van der Waals surface area contributed by atoms with E-state index < -0.39 is 0 Å². The fraction of sp³-hybridized carbons (Fsp3) is 0.600. The predicted molar refractivity (Wildman–Crippen MR) is 43.0 cm³/mol. The van der Waals surface area contributed by atoms with Crippen molar-refractivity contribution < 1.29 is 0 Å². The highest BCUT2D eigenvalue weighted by atomic mass is 32.2. The van der Waals surface area contributed by atoms with Crippen LogP contribution in [-0.4, -0.2) is 16.5 Å². The fourth-order valence-electron chi connectivity index (χ4n) is 0.252. The average molecular weight is 162 g/mol. The molecule has 0 aliphatic heterocycles. The summed E-state index contributed by atoms with van der Waals surface area (Å²) in [5, 5.41) is 7.41. The van der Waals surface area contributed by atoms with Crippen molar-refractivity contribution in [2.75, 3.05) is 6.26 Å². The highest BCUT2D eigenvalue weighted by Crippen LogP contribution is 2.13. The Balaban J connectivity index is 0.000000291. The molecule has 0 unspecified atom stereocenters. The van der Waals surface area contributed by atoms with Crippen LogP contribution in [0, 0.1) is 0 Å². The van der Waals surface area contributed by atoms with Gasteiger partial charge in [-0.05, 0) is 6.26 Å². The number of hydrogen-bond acceptors (Lipinski definition) is 4. The average Bonchev–Trinajstić information content (AvgIpc) is 2.43. The molecule has 0 radical (unpaired) electrons. The Bertz CT molecular complexity index is 128. The highest BCUT2D eigenvalue weighted by molar-refractivity contribution is 8.00. The van der Waals surface area contributed by atoms with Crippen molar-refractivity contribution in [3.05, 3.63) is 5.51 Å². The lowest BCUT2D eigenvalue weighted by Gasteiger charge is -1.74. The summed E-state index contributed by atoms with van der Waals surface area (Å²) in [6.07, 6.45) is 1.99. The van der Waals surface area contributed by atoms with Gasteiger partial charge < -0.3 is 0 Å². The van der Waals surface area contributed by atoms with E-state index in [1.807, 2.05) is 20.1 Å². The number of thioether (sulfide) groups is 1. The zero-order valence-electron chi connectivity index (χ0n) is 5.79. The lowest BCUT2D eigenvalue weighted by molar-refractivity contribution is 1.01. The molecule has 9 heavy (non-hydrogen) atoms. The molecule has 1 heterocycles. The SMILES string of the molecule is CC.CSc1nncs1. The summed E-state index contributed by atoms with van der Waals surface area (Å²) < 4.78 is 1.03. The van der Waals surface area contributed by atoms with E-state index in [-0.39, 0.29) is 0 Å². The van der Waals surface area contributed by atoms with Crippen LogP contribution in [0.2, 0.25) is 0 Å². The van der Waals surface area contributed by atoms with Crippen LogP contribution in [0.5, 0.6) is 0 Å². The maximum atomic E-state index is 3.77. The summed E-state index contributed by atoms with van der Waals surface area (Å²) in [4.78, 5) is 0. The van der Waals surface area contributed by atoms with Crippen molar-refractivity contribution in [3.63, 3.8) is 0 Å². The predicted octanol–water partition coefficient (Wildman–Crippen LogP) is 2.29. The molecule has 2 nitrogen and oxygen atoms in total.